The summed E-state index contributed by atoms with van der Waals surface area (Å²) in [6.07, 6.45) is 1.54. The van der Waals surface area contributed by atoms with E-state index in [1.807, 2.05) is 6.92 Å². The standard InChI is InChI=1S/C15H17FN2O3/c1-3-5-12-17-14(21-18-12)13(15(19)20-4-2)10-6-8-11(16)9-7-10/h6-9,13H,3-5H2,1-2H3. The van der Waals surface area contributed by atoms with E-state index in [0.717, 1.165) is 6.42 Å². The lowest BCUT2D eigenvalue weighted by atomic mass is 9.99. The number of rotatable bonds is 6. The van der Waals surface area contributed by atoms with Gasteiger partial charge in [0.15, 0.2) is 11.7 Å². The van der Waals surface area contributed by atoms with Crippen LogP contribution >= 0.6 is 0 Å². The van der Waals surface area contributed by atoms with Crippen molar-refractivity contribution in [2.24, 2.45) is 0 Å². The van der Waals surface area contributed by atoms with Crippen molar-refractivity contribution < 1.29 is 18.4 Å². The van der Waals surface area contributed by atoms with Crippen LogP contribution in [0.1, 0.15) is 43.5 Å². The largest absolute Gasteiger partial charge is 0.465 e. The van der Waals surface area contributed by atoms with Gasteiger partial charge in [0, 0.05) is 6.42 Å². The molecule has 0 saturated heterocycles. The molecule has 1 aromatic heterocycles. The predicted octanol–water partition coefficient (Wildman–Crippen LogP) is 2.86. The maximum absolute atomic E-state index is 13.0. The minimum Gasteiger partial charge on any atom is -0.465 e. The Morgan fingerprint density at radius 3 is 2.67 bits per heavy atom. The van der Waals surface area contributed by atoms with Crippen LogP contribution < -0.4 is 0 Å². The number of ether oxygens (including phenoxy) is 1. The summed E-state index contributed by atoms with van der Waals surface area (Å²) in [5.41, 5.74) is 0.557. The van der Waals surface area contributed by atoms with E-state index in [4.69, 9.17) is 9.26 Å². The molecule has 112 valence electrons. The van der Waals surface area contributed by atoms with Crippen LogP contribution in [0.15, 0.2) is 28.8 Å². The average Bonchev–Trinajstić information content (AvgIpc) is 2.90. The van der Waals surface area contributed by atoms with Gasteiger partial charge < -0.3 is 9.26 Å². The molecule has 0 radical (unpaired) electrons. The van der Waals surface area contributed by atoms with Gasteiger partial charge in [-0.1, -0.05) is 24.2 Å². The molecule has 1 atom stereocenters. The van der Waals surface area contributed by atoms with Gasteiger partial charge in [-0.15, -0.1) is 0 Å². The van der Waals surface area contributed by atoms with E-state index in [1.54, 1.807) is 6.92 Å². The van der Waals surface area contributed by atoms with E-state index in [1.165, 1.54) is 24.3 Å². The average molecular weight is 292 g/mol. The molecule has 2 aromatic rings. The fraction of sp³-hybridized carbons (Fsp3) is 0.400. The second-order valence-corrected chi connectivity index (χ2v) is 4.54. The Hall–Kier alpha value is -2.24. The lowest BCUT2D eigenvalue weighted by molar-refractivity contribution is -0.144. The van der Waals surface area contributed by atoms with E-state index in [-0.39, 0.29) is 18.3 Å². The molecule has 0 bridgehead atoms. The highest BCUT2D eigenvalue weighted by Gasteiger charge is 2.30. The molecule has 0 fully saturated rings. The third-order valence-corrected chi connectivity index (χ3v) is 2.93. The van der Waals surface area contributed by atoms with E-state index in [9.17, 15) is 9.18 Å². The minimum atomic E-state index is -0.830. The topological polar surface area (TPSA) is 65.2 Å². The van der Waals surface area contributed by atoms with Crippen molar-refractivity contribution in [2.75, 3.05) is 6.61 Å². The number of hydrogen-bond donors (Lipinski definition) is 0. The van der Waals surface area contributed by atoms with Crippen LogP contribution in [0.2, 0.25) is 0 Å². The van der Waals surface area contributed by atoms with Gasteiger partial charge >= 0.3 is 5.97 Å². The van der Waals surface area contributed by atoms with E-state index < -0.39 is 11.9 Å². The van der Waals surface area contributed by atoms with Gasteiger partial charge in [-0.25, -0.2) is 4.39 Å². The quantitative estimate of drug-likeness (QED) is 0.766. The first kappa shape index (κ1) is 15.2. The number of esters is 1. The molecule has 5 nitrogen and oxygen atoms in total. The van der Waals surface area contributed by atoms with Crippen LogP contribution in [-0.2, 0) is 16.0 Å². The zero-order chi connectivity index (χ0) is 15.2. The summed E-state index contributed by atoms with van der Waals surface area (Å²) in [5.74, 6) is -0.981. The normalized spacial score (nSPS) is 12.1. The highest BCUT2D eigenvalue weighted by Crippen LogP contribution is 2.25. The number of carbonyl (C=O) groups is 1. The summed E-state index contributed by atoms with van der Waals surface area (Å²) in [5, 5.41) is 3.84. The summed E-state index contributed by atoms with van der Waals surface area (Å²) in [6.45, 7) is 3.96. The molecule has 0 N–H and O–H groups in total. The van der Waals surface area contributed by atoms with Crippen molar-refractivity contribution in [3.63, 3.8) is 0 Å². The first-order valence-electron chi connectivity index (χ1n) is 6.90. The number of nitrogens with zero attached hydrogens (tertiary/aromatic N) is 2. The van der Waals surface area contributed by atoms with Gasteiger partial charge in [0.2, 0.25) is 5.89 Å². The predicted molar refractivity (Wildman–Crippen MR) is 73.2 cm³/mol. The Kier molecular flexibility index (Phi) is 5.03. The maximum atomic E-state index is 13.0. The Balaban J connectivity index is 2.34. The highest BCUT2D eigenvalue weighted by atomic mass is 19.1. The number of halogens is 1. The first-order chi connectivity index (χ1) is 10.2. The van der Waals surface area contributed by atoms with Gasteiger partial charge in [-0.2, -0.15) is 4.98 Å². The van der Waals surface area contributed by atoms with Crippen molar-refractivity contribution >= 4 is 5.97 Å². The molecule has 2 rings (SSSR count). The first-order valence-corrected chi connectivity index (χ1v) is 6.90. The number of aromatic nitrogens is 2. The molecule has 1 aromatic carbocycles. The van der Waals surface area contributed by atoms with Gasteiger partial charge in [0.1, 0.15) is 5.82 Å². The van der Waals surface area contributed by atoms with Gasteiger partial charge in [-0.3, -0.25) is 4.79 Å². The Morgan fingerprint density at radius 1 is 1.33 bits per heavy atom. The summed E-state index contributed by atoms with van der Waals surface area (Å²) in [4.78, 5) is 16.4. The zero-order valence-corrected chi connectivity index (χ0v) is 12.0. The molecule has 21 heavy (non-hydrogen) atoms. The van der Waals surface area contributed by atoms with Crippen molar-refractivity contribution in [3.8, 4) is 0 Å². The molecule has 1 unspecified atom stereocenters. The number of carbonyl (C=O) groups excluding carboxylic acids is 1. The molecular formula is C15H17FN2O3. The zero-order valence-electron chi connectivity index (χ0n) is 12.0. The molecule has 0 amide bonds. The van der Waals surface area contributed by atoms with Crippen molar-refractivity contribution in [2.45, 2.75) is 32.6 Å². The summed E-state index contributed by atoms with van der Waals surface area (Å²) in [6, 6.07) is 5.59. The second kappa shape index (κ2) is 6.97. The summed E-state index contributed by atoms with van der Waals surface area (Å²) < 4.78 is 23.3. The molecule has 0 aliphatic rings. The Labute approximate surface area is 122 Å². The molecule has 1 heterocycles. The molecule has 0 aliphatic heterocycles. The van der Waals surface area contributed by atoms with Crippen LogP contribution in [0.25, 0.3) is 0 Å². The second-order valence-electron chi connectivity index (χ2n) is 4.54. The molecule has 0 spiro atoms. The Morgan fingerprint density at radius 2 is 2.05 bits per heavy atom. The minimum absolute atomic E-state index is 0.170. The number of hydrogen-bond acceptors (Lipinski definition) is 5. The van der Waals surface area contributed by atoms with Gasteiger partial charge in [-0.05, 0) is 31.0 Å². The van der Waals surface area contributed by atoms with Crippen molar-refractivity contribution in [1.29, 1.82) is 0 Å². The third-order valence-electron chi connectivity index (χ3n) is 2.93. The summed E-state index contributed by atoms with van der Waals surface area (Å²) in [7, 11) is 0. The van der Waals surface area contributed by atoms with Crippen molar-refractivity contribution in [3.05, 3.63) is 47.4 Å². The van der Waals surface area contributed by atoms with E-state index >= 15 is 0 Å². The highest BCUT2D eigenvalue weighted by molar-refractivity contribution is 5.80. The number of aryl methyl sites for hydroxylation is 1. The number of benzene rings is 1. The summed E-state index contributed by atoms with van der Waals surface area (Å²) >= 11 is 0. The van der Waals surface area contributed by atoms with Crippen LogP contribution in [-0.4, -0.2) is 22.7 Å². The fourth-order valence-corrected chi connectivity index (χ4v) is 1.97. The molecule has 0 saturated carbocycles. The SMILES string of the molecule is CCCc1noc(C(C(=O)OCC)c2ccc(F)cc2)n1. The molecule has 0 aliphatic carbocycles. The monoisotopic (exact) mass is 292 g/mol. The van der Waals surface area contributed by atoms with Crippen LogP contribution in [0.5, 0.6) is 0 Å². The van der Waals surface area contributed by atoms with Crippen LogP contribution in [0.3, 0.4) is 0 Å². The maximum Gasteiger partial charge on any atom is 0.323 e. The van der Waals surface area contributed by atoms with E-state index in [0.29, 0.717) is 17.8 Å². The molecular weight excluding hydrogens is 275 g/mol. The van der Waals surface area contributed by atoms with Gasteiger partial charge in [0.25, 0.3) is 0 Å². The van der Waals surface area contributed by atoms with Crippen molar-refractivity contribution in [1.82, 2.24) is 10.1 Å². The fourth-order valence-electron chi connectivity index (χ4n) is 1.97. The molecule has 6 heteroatoms. The van der Waals surface area contributed by atoms with Gasteiger partial charge in [0.05, 0.1) is 6.61 Å². The third kappa shape index (κ3) is 3.65. The van der Waals surface area contributed by atoms with E-state index in [2.05, 4.69) is 10.1 Å². The lowest BCUT2D eigenvalue weighted by Crippen LogP contribution is -2.17. The Bertz CT molecular complexity index is 595. The lowest BCUT2D eigenvalue weighted by Gasteiger charge is -2.11. The smallest absolute Gasteiger partial charge is 0.323 e. The van der Waals surface area contributed by atoms with Crippen LogP contribution in [0, 0.1) is 5.82 Å². The van der Waals surface area contributed by atoms with Crippen LogP contribution in [0.4, 0.5) is 4.39 Å².